The number of hydrogen-bond acceptors (Lipinski definition) is 3. The zero-order chi connectivity index (χ0) is 13.8. The van der Waals surface area contributed by atoms with E-state index in [1.807, 2.05) is 0 Å². The Morgan fingerprint density at radius 3 is 2.95 bits per heavy atom. The van der Waals surface area contributed by atoms with Crippen molar-refractivity contribution < 1.29 is 9.90 Å². The Bertz CT molecular complexity index is 448. The van der Waals surface area contributed by atoms with Gasteiger partial charge in [0.25, 0.3) is 0 Å². The maximum absolute atomic E-state index is 10.7. The highest BCUT2D eigenvalue weighted by atomic mass is 16.4. The molecule has 1 saturated heterocycles. The topological polar surface area (TPSA) is 66.6 Å². The lowest BCUT2D eigenvalue weighted by molar-refractivity contribution is -0.137. The number of piperidine rings is 1. The van der Waals surface area contributed by atoms with Crippen LogP contribution in [-0.2, 0) is 4.79 Å². The minimum absolute atomic E-state index is 0.132. The number of carbonyl (C=O) groups is 1. The predicted octanol–water partition coefficient (Wildman–Crippen LogP) is 1.59. The fourth-order valence-electron chi connectivity index (χ4n) is 2.83. The summed E-state index contributed by atoms with van der Waals surface area (Å²) < 4.78 is 0. The zero-order valence-electron chi connectivity index (χ0n) is 11.4. The molecule has 1 aliphatic rings. The van der Waals surface area contributed by atoms with Crippen molar-refractivity contribution in [2.75, 3.05) is 19.6 Å². The van der Waals surface area contributed by atoms with Gasteiger partial charge in [0, 0.05) is 25.7 Å². The third kappa shape index (κ3) is 4.04. The van der Waals surface area contributed by atoms with Gasteiger partial charge in [0.2, 0.25) is 0 Å². The number of nitrogens with zero attached hydrogens (tertiary/aromatic N) is 1. The van der Waals surface area contributed by atoms with Crippen LogP contribution in [0, 0.1) is 6.92 Å². The number of nitrogens with two attached hydrogens (primary N) is 1. The summed E-state index contributed by atoms with van der Waals surface area (Å²) in [5, 5.41) is 8.77. The normalized spacial score (nSPS) is 24.3. The molecule has 0 aromatic heterocycles. The van der Waals surface area contributed by atoms with Crippen LogP contribution in [0.4, 0.5) is 0 Å². The number of aryl methyl sites for hydroxylation is 1. The number of rotatable bonds is 4. The molecule has 1 aliphatic heterocycles. The van der Waals surface area contributed by atoms with Crippen LogP contribution in [0.5, 0.6) is 0 Å². The molecule has 1 aromatic rings. The van der Waals surface area contributed by atoms with Crippen molar-refractivity contribution in [2.45, 2.75) is 31.7 Å². The van der Waals surface area contributed by atoms with Gasteiger partial charge in [-0.3, -0.25) is 4.79 Å². The average molecular weight is 262 g/mol. The van der Waals surface area contributed by atoms with Crippen LogP contribution in [0.1, 0.15) is 29.9 Å². The number of carboxylic acids is 1. The molecule has 0 spiro atoms. The fraction of sp³-hybridized carbons (Fsp3) is 0.533. The largest absolute Gasteiger partial charge is 0.481 e. The van der Waals surface area contributed by atoms with Gasteiger partial charge < -0.3 is 15.7 Å². The number of hydrogen-bond donors (Lipinski definition) is 2. The van der Waals surface area contributed by atoms with E-state index in [1.54, 1.807) is 0 Å². The van der Waals surface area contributed by atoms with Gasteiger partial charge in [-0.1, -0.05) is 29.8 Å². The molecule has 0 radical (unpaired) electrons. The Balaban J connectivity index is 2.03. The van der Waals surface area contributed by atoms with Gasteiger partial charge in [-0.05, 0) is 24.8 Å². The highest BCUT2D eigenvalue weighted by Crippen LogP contribution is 2.27. The monoisotopic (exact) mass is 262 g/mol. The second-order valence-electron chi connectivity index (χ2n) is 5.51. The Hall–Kier alpha value is -1.39. The SMILES string of the molecule is Cc1cccc(C2CC(N)CN(CCC(=O)O)C2)c1. The predicted molar refractivity (Wildman–Crippen MR) is 75.2 cm³/mol. The molecule has 0 amide bonds. The van der Waals surface area contributed by atoms with Crippen molar-refractivity contribution in [1.82, 2.24) is 4.90 Å². The second kappa shape index (κ2) is 6.17. The average Bonchev–Trinajstić information content (AvgIpc) is 2.36. The first kappa shape index (κ1) is 14.0. The van der Waals surface area contributed by atoms with E-state index < -0.39 is 5.97 Å². The van der Waals surface area contributed by atoms with Crippen LogP contribution in [-0.4, -0.2) is 41.7 Å². The van der Waals surface area contributed by atoms with Crippen LogP contribution < -0.4 is 5.73 Å². The Labute approximate surface area is 114 Å². The number of benzene rings is 1. The maximum Gasteiger partial charge on any atom is 0.304 e. The Kier molecular flexibility index (Phi) is 4.56. The first-order valence-electron chi connectivity index (χ1n) is 6.81. The standard InChI is InChI=1S/C15H22N2O2/c1-11-3-2-4-12(7-11)13-8-14(16)10-17(9-13)6-5-15(18)19/h2-4,7,13-14H,5-6,8-10,16H2,1H3,(H,18,19). The molecule has 2 rings (SSSR count). The van der Waals surface area contributed by atoms with Gasteiger partial charge in [-0.15, -0.1) is 0 Å². The molecule has 2 unspecified atom stereocenters. The number of likely N-dealkylation sites (tertiary alicyclic amines) is 1. The molecular weight excluding hydrogens is 240 g/mol. The molecule has 0 saturated carbocycles. The van der Waals surface area contributed by atoms with Gasteiger partial charge in [0.05, 0.1) is 6.42 Å². The molecule has 0 aliphatic carbocycles. The number of aliphatic carboxylic acids is 1. The Morgan fingerprint density at radius 2 is 2.26 bits per heavy atom. The lowest BCUT2D eigenvalue weighted by Gasteiger charge is -2.36. The third-order valence-corrected chi connectivity index (χ3v) is 3.71. The summed E-state index contributed by atoms with van der Waals surface area (Å²) in [5.41, 5.74) is 8.68. The number of carboxylic acid groups (broad SMARTS) is 1. The highest BCUT2D eigenvalue weighted by Gasteiger charge is 2.26. The minimum atomic E-state index is -0.744. The van der Waals surface area contributed by atoms with Crippen molar-refractivity contribution >= 4 is 5.97 Å². The lowest BCUT2D eigenvalue weighted by Crippen LogP contribution is -2.46. The Morgan fingerprint density at radius 1 is 1.47 bits per heavy atom. The van der Waals surface area contributed by atoms with Gasteiger partial charge in [0.1, 0.15) is 0 Å². The molecule has 1 fully saturated rings. The lowest BCUT2D eigenvalue weighted by atomic mass is 9.87. The van der Waals surface area contributed by atoms with E-state index in [4.69, 9.17) is 10.8 Å². The molecule has 4 nitrogen and oxygen atoms in total. The summed E-state index contributed by atoms with van der Waals surface area (Å²) in [7, 11) is 0. The molecule has 0 bridgehead atoms. The van der Waals surface area contributed by atoms with E-state index in [0.29, 0.717) is 12.5 Å². The summed E-state index contributed by atoms with van der Waals surface area (Å²) >= 11 is 0. The maximum atomic E-state index is 10.7. The molecule has 1 heterocycles. The third-order valence-electron chi connectivity index (χ3n) is 3.71. The zero-order valence-corrected chi connectivity index (χ0v) is 11.4. The van der Waals surface area contributed by atoms with Crippen molar-refractivity contribution in [3.05, 3.63) is 35.4 Å². The van der Waals surface area contributed by atoms with Crippen LogP contribution in [0.15, 0.2) is 24.3 Å². The van der Waals surface area contributed by atoms with Gasteiger partial charge in [-0.2, -0.15) is 0 Å². The van der Waals surface area contributed by atoms with Crippen molar-refractivity contribution in [3.8, 4) is 0 Å². The van der Waals surface area contributed by atoms with Crippen molar-refractivity contribution in [3.63, 3.8) is 0 Å². The van der Waals surface area contributed by atoms with E-state index >= 15 is 0 Å². The van der Waals surface area contributed by atoms with Crippen molar-refractivity contribution in [1.29, 1.82) is 0 Å². The van der Waals surface area contributed by atoms with E-state index in [9.17, 15) is 4.79 Å². The van der Waals surface area contributed by atoms with E-state index in [-0.39, 0.29) is 12.5 Å². The molecule has 104 valence electrons. The summed E-state index contributed by atoms with van der Waals surface area (Å²) in [6.45, 7) is 4.39. The fourth-order valence-corrected chi connectivity index (χ4v) is 2.83. The van der Waals surface area contributed by atoms with Gasteiger partial charge >= 0.3 is 5.97 Å². The molecule has 4 heteroatoms. The van der Waals surface area contributed by atoms with E-state index in [1.165, 1.54) is 11.1 Å². The van der Waals surface area contributed by atoms with Gasteiger partial charge in [-0.25, -0.2) is 0 Å². The summed E-state index contributed by atoms with van der Waals surface area (Å²) in [5.74, 6) is -0.330. The summed E-state index contributed by atoms with van der Waals surface area (Å²) in [4.78, 5) is 12.8. The molecular formula is C15H22N2O2. The van der Waals surface area contributed by atoms with Crippen LogP contribution in [0.3, 0.4) is 0 Å². The summed E-state index contributed by atoms with van der Waals surface area (Å²) in [6, 6.07) is 8.65. The van der Waals surface area contributed by atoms with Crippen LogP contribution in [0.25, 0.3) is 0 Å². The second-order valence-corrected chi connectivity index (χ2v) is 5.51. The first-order valence-corrected chi connectivity index (χ1v) is 6.81. The molecule has 19 heavy (non-hydrogen) atoms. The smallest absolute Gasteiger partial charge is 0.304 e. The van der Waals surface area contributed by atoms with Crippen LogP contribution in [0.2, 0.25) is 0 Å². The van der Waals surface area contributed by atoms with Gasteiger partial charge in [0.15, 0.2) is 0 Å². The molecule has 3 N–H and O–H groups in total. The summed E-state index contributed by atoms with van der Waals surface area (Å²) in [6.07, 6.45) is 1.17. The molecule has 1 aromatic carbocycles. The van der Waals surface area contributed by atoms with E-state index in [2.05, 4.69) is 36.1 Å². The highest BCUT2D eigenvalue weighted by molar-refractivity contribution is 5.66. The van der Waals surface area contributed by atoms with E-state index in [0.717, 1.165) is 19.5 Å². The van der Waals surface area contributed by atoms with Crippen molar-refractivity contribution in [2.24, 2.45) is 5.73 Å². The quantitative estimate of drug-likeness (QED) is 0.864. The molecule has 2 atom stereocenters. The first-order chi connectivity index (χ1) is 9.04. The minimum Gasteiger partial charge on any atom is -0.481 e. The van der Waals surface area contributed by atoms with Crippen LogP contribution >= 0.6 is 0 Å².